The molecule has 3 aromatic rings. The minimum atomic E-state index is -0.550. The fraction of sp³-hybridized carbons (Fsp3) is 0.314. The number of rotatable bonds is 6. The summed E-state index contributed by atoms with van der Waals surface area (Å²) in [5, 5.41) is 10.5. The summed E-state index contributed by atoms with van der Waals surface area (Å²) >= 11 is 0. The molecule has 0 fully saturated rings. The van der Waals surface area contributed by atoms with Crippen molar-refractivity contribution in [3.63, 3.8) is 0 Å². The van der Waals surface area contributed by atoms with Crippen molar-refractivity contribution in [3.05, 3.63) is 111 Å². The van der Waals surface area contributed by atoms with Crippen molar-refractivity contribution in [1.82, 2.24) is 0 Å². The summed E-state index contributed by atoms with van der Waals surface area (Å²) in [6.07, 6.45) is 1.07. The molecule has 5 rings (SSSR count). The lowest BCUT2D eigenvalue weighted by molar-refractivity contribution is -0.118. The Labute approximate surface area is 242 Å². The SMILES string of the molecule is COc1ccc(N2C(N)=C(C#N)C(c3cc(C)cc(COc4ccc(C)cc4)c3C)C3=C2CC(C)(C)CC3=O)cc1. The number of nitrogens with zero attached hydrogens (tertiary/aromatic N) is 2. The van der Waals surface area contributed by atoms with E-state index in [2.05, 4.69) is 32.0 Å². The summed E-state index contributed by atoms with van der Waals surface area (Å²) in [7, 11) is 1.62. The smallest absolute Gasteiger partial charge is 0.162 e. The van der Waals surface area contributed by atoms with Crippen LogP contribution in [0.2, 0.25) is 0 Å². The maximum atomic E-state index is 14.0. The van der Waals surface area contributed by atoms with Crippen molar-refractivity contribution in [3.8, 4) is 17.6 Å². The Morgan fingerprint density at radius 3 is 2.27 bits per heavy atom. The Kier molecular flexibility index (Phi) is 7.40. The van der Waals surface area contributed by atoms with Gasteiger partial charge in [-0.05, 0) is 85.7 Å². The topological polar surface area (TPSA) is 88.6 Å². The second-order valence-electron chi connectivity index (χ2n) is 11.9. The van der Waals surface area contributed by atoms with E-state index in [1.807, 2.05) is 74.2 Å². The van der Waals surface area contributed by atoms with E-state index in [-0.39, 0.29) is 11.2 Å². The Hall–Kier alpha value is -4.50. The van der Waals surface area contributed by atoms with Crippen LogP contribution < -0.4 is 20.1 Å². The minimum Gasteiger partial charge on any atom is -0.497 e. The van der Waals surface area contributed by atoms with Crippen LogP contribution in [0, 0.1) is 37.5 Å². The first-order chi connectivity index (χ1) is 19.5. The molecule has 0 radical (unpaired) electrons. The molecule has 1 aliphatic carbocycles. The zero-order valence-corrected chi connectivity index (χ0v) is 24.7. The molecule has 41 heavy (non-hydrogen) atoms. The molecule has 1 aliphatic heterocycles. The number of benzene rings is 3. The highest BCUT2D eigenvalue weighted by Gasteiger charge is 2.45. The van der Waals surface area contributed by atoms with Crippen LogP contribution in [0.5, 0.6) is 11.5 Å². The summed E-state index contributed by atoms with van der Waals surface area (Å²) in [4.78, 5) is 15.9. The molecule has 2 N–H and O–H groups in total. The number of methoxy groups -OCH3 is 1. The molecular formula is C35H37N3O3. The molecule has 1 unspecified atom stereocenters. The maximum absolute atomic E-state index is 14.0. The highest BCUT2D eigenvalue weighted by atomic mass is 16.5. The summed E-state index contributed by atoms with van der Waals surface area (Å²) in [6.45, 7) is 10.7. The van der Waals surface area contributed by atoms with Gasteiger partial charge in [-0.1, -0.05) is 49.2 Å². The normalized spacial score (nSPS) is 18.2. The number of carbonyl (C=O) groups excluding carboxylic acids is 1. The van der Waals surface area contributed by atoms with Crippen molar-refractivity contribution in [1.29, 1.82) is 5.26 Å². The fourth-order valence-corrected chi connectivity index (χ4v) is 6.06. The van der Waals surface area contributed by atoms with E-state index < -0.39 is 5.92 Å². The van der Waals surface area contributed by atoms with Crippen LogP contribution in [-0.4, -0.2) is 12.9 Å². The second-order valence-corrected chi connectivity index (χ2v) is 11.9. The molecule has 0 amide bonds. The molecule has 1 atom stereocenters. The molecule has 1 heterocycles. The van der Waals surface area contributed by atoms with Gasteiger partial charge in [0.15, 0.2) is 5.78 Å². The third-order valence-electron chi connectivity index (χ3n) is 8.14. The van der Waals surface area contributed by atoms with Crippen LogP contribution in [0.25, 0.3) is 0 Å². The average Bonchev–Trinajstić information content (AvgIpc) is 2.93. The molecule has 0 aromatic heterocycles. The van der Waals surface area contributed by atoms with Crippen molar-refractivity contribution in [2.24, 2.45) is 11.1 Å². The predicted octanol–water partition coefficient (Wildman–Crippen LogP) is 7.14. The lowest BCUT2D eigenvalue weighted by atomic mass is 9.68. The highest BCUT2D eigenvalue weighted by molar-refractivity contribution is 6.01. The molecule has 6 nitrogen and oxygen atoms in total. The number of allylic oxidation sites excluding steroid dienone is 3. The van der Waals surface area contributed by atoms with Gasteiger partial charge in [-0.2, -0.15) is 5.26 Å². The highest BCUT2D eigenvalue weighted by Crippen LogP contribution is 2.51. The van der Waals surface area contributed by atoms with Crippen molar-refractivity contribution < 1.29 is 14.3 Å². The van der Waals surface area contributed by atoms with Gasteiger partial charge in [0.2, 0.25) is 0 Å². The average molecular weight is 548 g/mol. The van der Waals surface area contributed by atoms with Gasteiger partial charge < -0.3 is 15.2 Å². The Balaban J connectivity index is 1.65. The summed E-state index contributed by atoms with van der Waals surface area (Å²) < 4.78 is 11.5. The lowest BCUT2D eigenvalue weighted by Crippen LogP contribution is -2.42. The van der Waals surface area contributed by atoms with E-state index in [4.69, 9.17) is 15.2 Å². The Morgan fingerprint density at radius 1 is 0.976 bits per heavy atom. The fourth-order valence-electron chi connectivity index (χ4n) is 6.06. The third-order valence-corrected chi connectivity index (χ3v) is 8.14. The van der Waals surface area contributed by atoms with E-state index in [0.717, 1.165) is 45.1 Å². The van der Waals surface area contributed by atoms with Gasteiger partial charge in [-0.3, -0.25) is 9.69 Å². The predicted molar refractivity (Wildman–Crippen MR) is 162 cm³/mol. The number of anilines is 1. The number of carbonyl (C=O) groups is 1. The number of Topliss-reactive ketones (excluding diaryl/α,β-unsaturated/α-hetero) is 1. The zero-order valence-electron chi connectivity index (χ0n) is 24.7. The Bertz CT molecular complexity index is 1610. The first-order valence-corrected chi connectivity index (χ1v) is 13.9. The van der Waals surface area contributed by atoms with E-state index in [9.17, 15) is 10.1 Å². The quantitative estimate of drug-likeness (QED) is 0.353. The Morgan fingerprint density at radius 2 is 1.63 bits per heavy atom. The standard InChI is InChI=1S/C35H37N3O3/c1-21-7-11-27(12-8-21)41-20-24-15-22(2)16-28(23(24)3)32-29(19-36)34(37)38(25-9-13-26(40-6)14-10-25)30-17-35(4,5)18-31(39)33(30)32/h7-16,32H,17-18,20,37H2,1-6H3. The molecule has 0 saturated carbocycles. The first kappa shape index (κ1) is 28.0. The molecule has 2 aliphatic rings. The van der Waals surface area contributed by atoms with Crippen LogP contribution in [0.1, 0.15) is 60.4 Å². The summed E-state index contributed by atoms with van der Waals surface area (Å²) in [5.41, 5.74) is 14.4. The van der Waals surface area contributed by atoms with E-state index in [0.29, 0.717) is 36.4 Å². The molecule has 0 bridgehead atoms. The molecule has 0 spiro atoms. The number of nitriles is 1. The van der Waals surface area contributed by atoms with Crippen molar-refractivity contribution in [2.75, 3.05) is 12.0 Å². The number of hydrogen-bond acceptors (Lipinski definition) is 6. The van der Waals surface area contributed by atoms with Gasteiger partial charge in [0.25, 0.3) is 0 Å². The third kappa shape index (κ3) is 5.32. The van der Waals surface area contributed by atoms with Gasteiger partial charge in [-0.25, -0.2) is 0 Å². The molecule has 210 valence electrons. The van der Waals surface area contributed by atoms with Crippen molar-refractivity contribution in [2.45, 2.75) is 60.0 Å². The number of ether oxygens (including phenoxy) is 2. The largest absolute Gasteiger partial charge is 0.497 e. The summed E-state index contributed by atoms with van der Waals surface area (Å²) in [6, 6.07) is 22.1. The monoisotopic (exact) mass is 547 g/mol. The first-order valence-electron chi connectivity index (χ1n) is 13.9. The number of aryl methyl sites for hydroxylation is 2. The van der Waals surface area contributed by atoms with Gasteiger partial charge in [0, 0.05) is 23.4 Å². The van der Waals surface area contributed by atoms with Crippen molar-refractivity contribution >= 4 is 11.5 Å². The minimum absolute atomic E-state index is 0.0540. The van der Waals surface area contributed by atoms with Crippen LogP contribution in [0.15, 0.2) is 83.3 Å². The maximum Gasteiger partial charge on any atom is 0.162 e. The lowest BCUT2D eigenvalue weighted by Gasteiger charge is -2.44. The summed E-state index contributed by atoms with van der Waals surface area (Å²) in [5.74, 6) is 1.37. The second kappa shape index (κ2) is 10.8. The van der Waals surface area contributed by atoms with Gasteiger partial charge in [0.1, 0.15) is 23.9 Å². The van der Waals surface area contributed by atoms with Crippen LogP contribution in [-0.2, 0) is 11.4 Å². The zero-order chi connectivity index (χ0) is 29.5. The van der Waals surface area contributed by atoms with Crippen LogP contribution in [0.3, 0.4) is 0 Å². The van der Waals surface area contributed by atoms with Gasteiger partial charge >= 0.3 is 0 Å². The van der Waals surface area contributed by atoms with E-state index in [1.54, 1.807) is 7.11 Å². The number of hydrogen-bond donors (Lipinski definition) is 1. The molecule has 0 saturated heterocycles. The van der Waals surface area contributed by atoms with E-state index >= 15 is 0 Å². The molecular weight excluding hydrogens is 510 g/mol. The van der Waals surface area contributed by atoms with Crippen LogP contribution in [0.4, 0.5) is 5.69 Å². The number of ketones is 1. The van der Waals surface area contributed by atoms with Gasteiger partial charge in [0.05, 0.1) is 24.7 Å². The van der Waals surface area contributed by atoms with Crippen LogP contribution >= 0.6 is 0 Å². The molecule has 3 aromatic carbocycles. The van der Waals surface area contributed by atoms with E-state index in [1.165, 1.54) is 5.56 Å². The molecule has 6 heteroatoms. The number of nitrogens with two attached hydrogens (primary N) is 1. The van der Waals surface area contributed by atoms with Gasteiger partial charge in [-0.15, -0.1) is 0 Å².